The lowest BCUT2D eigenvalue weighted by atomic mass is 9.99. The van der Waals surface area contributed by atoms with Gasteiger partial charge in [0.1, 0.15) is 12.2 Å². The van der Waals surface area contributed by atoms with Gasteiger partial charge >= 0.3 is 0 Å². The second kappa shape index (κ2) is 50.3. The Bertz CT molecular complexity index is 841. The summed E-state index contributed by atoms with van der Waals surface area (Å²) < 4.78 is 0. The molecule has 0 radical (unpaired) electrons. The van der Waals surface area contributed by atoms with E-state index in [4.69, 9.17) is 0 Å². The molecule has 0 aliphatic rings. The highest BCUT2D eigenvalue weighted by Gasteiger charge is 2.28. The summed E-state index contributed by atoms with van der Waals surface area (Å²) in [6, 6.07) is -0.979. The van der Waals surface area contributed by atoms with Crippen molar-refractivity contribution in [1.29, 1.82) is 0 Å². The van der Waals surface area contributed by atoms with E-state index in [0.717, 1.165) is 38.5 Å². The van der Waals surface area contributed by atoms with Crippen LogP contribution in [0, 0.1) is 0 Å². The first kappa shape index (κ1) is 60.3. The number of rotatable bonds is 52. The summed E-state index contributed by atoms with van der Waals surface area (Å²) in [5, 5.41) is 43.8. The van der Waals surface area contributed by atoms with Crippen molar-refractivity contribution < 1.29 is 25.2 Å². The van der Waals surface area contributed by atoms with Gasteiger partial charge in [-0.2, -0.15) is 0 Å². The summed E-state index contributed by atoms with van der Waals surface area (Å²) in [6.45, 7) is 4.08. The molecule has 6 heteroatoms. The third-order valence-corrected chi connectivity index (χ3v) is 13.6. The number of unbranched alkanes of at least 4 members (excludes halogenated alkanes) is 43. The topological polar surface area (TPSA) is 110 Å². The third kappa shape index (κ3) is 44.3. The number of hydrogen-bond acceptors (Lipinski definition) is 5. The van der Waals surface area contributed by atoms with Gasteiger partial charge in [0.15, 0.2) is 0 Å². The molecule has 0 spiro atoms. The van der Waals surface area contributed by atoms with Crippen molar-refractivity contribution in [2.45, 2.75) is 340 Å². The summed E-state index contributed by atoms with van der Waals surface area (Å²) in [7, 11) is 0. The predicted octanol–water partition coefficient (Wildman–Crippen LogP) is 15.9. The first-order valence-electron chi connectivity index (χ1n) is 27.9. The zero-order chi connectivity index (χ0) is 44.5. The molecule has 0 aromatic carbocycles. The van der Waals surface area contributed by atoms with Crippen molar-refractivity contribution in [2.24, 2.45) is 0 Å². The van der Waals surface area contributed by atoms with E-state index in [1.165, 1.54) is 250 Å². The van der Waals surface area contributed by atoms with Crippen molar-refractivity contribution in [2.75, 3.05) is 6.61 Å². The van der Waals surface area contributed by atoms with Gasteiger partial charge in [0.2, 0.25) is 5.91 Å². The number of carbonyl (C=O) groups excluding carboxylic acids is 1. The normalized spacial score (nSPS) is 13.7. The van der Waals surface area contributed by atoms with Crippen LogP contribution in [-0.4, -0.2) is 57.3 Å². The van der Waals surface area contributed by atoms with E-state index in [9.17, 15) is 25.2 Å². The molecule has 61 heavy (non-hydrogen) atoms. The molecule has 0 bridgehead atoms. The van der Waals surface area contributed by atoms with Gasteiger partial charge in [-0.15, -0.1) is 0 Å². The molecular weight excluding hydrogens is 755 g/mol. The smallest absolute Gasteiger partial charge is 0.249 e. The highest BCUT2D eigenvalue weighted by molar-refractivity contribution is 5.80. The molecule has 0 saturated carbocycles. The second-order valence-electron chi connectivity index (χ2n) is 19.7. The quantitative estimate of drug-likeness (QED) is 0.0391. The maximum atomic E-state index is 12.6. The van der Waals surface area contributed by atoms with Crippen molar-refractivity contribution in [1.82, 2.24) is 5.32 Å². The van der Waals surface area contributed by atoms with Gasteiger partial charge in [0.25, 0.3) is 0 Å². The van der Waals surface area contributed by atoms with Crippen LogP contribution >= 0.6 is 0 Å². The Morgan fingerprint density at radius 1 is 0.344 bits per heavy atom. The number of nitrogens with one attached hydrogen (secondary N) is 1. The van der Waals surface area contributed by atoms with Crippen LogP contribution in [0.15, 0.2) is 0 Å². The lowest BCUT2D eigenvalue weighted by Gasteiger charge is -2.27. The first-order valence-corrected chi connectivity index (χ1v) is 27.9. The Kier molecular flexibility index (Phi) is 49.7. The first-order chi connectivity index (χ1) is 30.0. The Balaban J connectivity index is 3.50. The Labute approximate surface area is 381 Å². The van der Waals surface area contributed by atoms with Crippen molar-refractivity contribution in [3.8, 4) is 0 Å². The third-order valence-electron chi connectivity index (χ3n) is 13.6. The molecule has 0 fully saturated rings. The highest BCUT2D eigenvalue weighted by atomic mass is 16.3. The minimum Gasteiger partial charge on any atom is -0.394 e. The second-order valence-corrected chi connectivity index (χ2v) is 19.7. The monoisotopic (exact) mass is 866 g/mol. The molecule has 0 aliphatic heterocycles. The highest BCUT2D eigenvalue weighted by Crippen LogP contribution is 2.19. The number of aliphatic hydroxyl groups is 4. The van der Waals surface area contributed by atoms with E-state index < -0.39 is 36.9 Å². The Morgan fingerprint density at radius 2 is 0.557 bits per heavy atom. The van der Waals surface area contributed by atoms with Crippen LogP contribution in [0.5, 0.6) is 0 Å². The summed E-state index contributed by atoms with van der Waals surface area (Å²) >= 11 is 0. The van der Waals surface area contributed by atoms with E-state index >= 15 is 0 Å². The zero-order valence-corrected chi connectivity index (χ0v) is 41.4. The van der Waals surface area contributed by atoms with Crippen LogP contribution in [0.3, 0.4) is 0 Å². The zero-order valence-electron chi connectivity index (χ0n) is 41.4. The maximum absolute atomic E-state index is 12.6. The summed E-state index contributed by atoms with van der Waals surface area (Å²) in [5.74, 6) is -0.577. The molecule has 0 aromatic rings. The maximum Gasteiger partial charge on any atom is 0.249 e. The van der Waals surface area contributed by atoms with E-state index in [1.54, 1.807) is 0 Å². The average molecular weight is 866 g/mol. The average Bonchev–Trinajstić information content (AvgIpc) is 3.26. The van der Waals surface area contributed by atoms with E-state index in [-0.39, 0.29) is 0 Å². The number of hydrogen-bond donors (Lipinski definition) is 5. The van der Waals surface area contributed by atoms with Crippen LogP contribution in [0.4, 0.5) is 0 Å². The number of aliphatic hydroxyl groups excluding tert-OH is 4. The van der Waals surface area contributed by atoms with Gasteiger partial charge < -0.3 is 25.7 Å². The molecule has 4 unspecified atom stereocenters. The molecular formula is C55H111NO5. The molecule has 5 N–H and O–H groups in total. The number of carbonyl (C=O) groups is 1. The van der Waals surface area contributed by atoms with Crippen LogP contribution in [-0.2, 0) is 4.79 Å². The predicted molar refractivity (Wildman–Crippen MR) is 265 cm³/mol. The van der Waals surface area contributed by atoms with Crippen molar-refractivity contribution in [3.05, 3.63) is 0 Å². The molecule has 0 aromatic heterocycles. The van der Waals surface area contributed by atoms with Gasteiger partial charge in [-0.25, -0.2) is 0 Å². The fourth-order valence-corrected chi connectivity index (χ4v) is 9.17. The SMILES string of the molecule is CCCCCCCCCCCCCCCCCCCCCCCCCCCCCCCCCCC(O)C(=O)NC(CO)C(O)C(O)CCCCCCCCCCCCCCC. The van der Waals surface area contributed by atoms with Gasteiger partial charge in [-0.1, -0.05) is 303 Å². The van der Waals surface area contributed by atoms with Gasteiger partial charge in [-0.3, -0.25) is 4.79 Å². The molecule has 366 valence electrons. The van der Waals surface area contributed by atoms with Gasteiger partial charge in [0, 0.05) is 0 Å². The summed E-state index contributed by atoms with van der Waals surface area (Å²) in [5.41, 5.74) is 0. The molecule has 0 heterocycles. The van der Waals surface area contributed by atoms with E-state index in [2.05, 4.69) is 19.2 Å². The molecule has 0 aliphatic carbocycles. The summed E-state index contributed by atoms with van der Waals surface area (Å²) in [6.07, 6.45) is 57.6. The van der Waals surface area contributed by atoms with Gasteiger partial charge in [0.05, 0.1) is 18.8 Å². The lowest BCUT2D eigenvalue weighted by molar-refractivity contribution is -0.132. The Hall–Kier alpha value is -0.690. The largest absolute Gasteiger partial charge is 0.394 e. The van der Waals surface area contributed by atoms with Crippen LogP contribution in [0.1, 0.15) is 316 Å². The van der Waals surface area contributed by atoms with Gasteiger partial charge in [-0.05, 0) is 12.8 Å². The van der Waals surface area contributed by atoms with E-state index in [0.29, 0.717) is 12.8 Å². The lowest BCUT2D eigenvalue weighted by Crippen LogP contribution is -2.53. The van der Waals surface area contributed by atoms with E-state index in [1.807, 2.05) is 0 Å². The molecule has 4 atom stereocenters. The number of amides is 1. The fraction of sp³-hybridized carbons (Fsp3) is 0.982. The van der Waals surface area contributed by atoms with Crippen molar-refractivity contribution >= 4 is 5.91 Å². The van der Waals surface area contributed by atoms with Crippen molar-refractivity contribution in [3.63, 3.8) is 0 Å². The standard InChI is InChI=1S/C55H111NO5/c1-3-5-7-9-11-13-15-17-18-19-20-21-22-23-24-25-26-27-28-29-30-31-32-33-34-35-37-39-41-43-45-47-49-53(59)55(61)56-51(50-57)54(60)52(58)48-46-44-42-40-38-36-16-14-12-10-8-6-4-2/h51-54,57-60H,3-50H2,1-2H3,(H,56,61). The minimum atomic E-state index is -1.25. The summed E-state index contributed by atoms with van der Waals surface area (Å²) in [4.78, 5) is 12.6. The fourth-order valence-electron chi connectivity index (χ4n) is 9.17. The molecule has 0 saturated heterocycles. The van der Waals surface area contributed by atoms with Crippen LogP contribution < -0.4 is 5.32 Å². The molecule has 1 amide bonds. The molecule has 6 nitrogen and oxygen atoms in total. The molecule has 0 rings (SSSR count). The van der Waals surface area contributed by atoms with Crippen LogP contribution in [0.2, 0.25) is 0 Å². The Morgan fingerprint density at radius 3 is 0.787 bits per heavy atom. The van der Waals surface area contributed by atoms with Crippen LogP contribution in [0.25, 0.3) is 0 Å². The minimum absolute atomic E-state index is 0.376.